The Morgan fingerprint density at radius 2 is 1.72 bits per heavy atom. The van der Waals surface area contributed by atoms with Crippen LogP contribution in [0.5, 0.6) is 0 Å². The van der Waals surface area contributed by atoms with E-state index in [1.807, 2.05) is 67.6 Å². The van der Waals surface area contributed by atoms with Crippen LogP contribution in [0.15, 0.2) is 65.8 Å². The van der Waals surface area contributed by atoms with Gasteiger partial charge in [-0.1, -0.05) is 72.7 Å². The predicted molar refractivity (Wildman–Crippen MR) is 159 cm³/mol. The summed E-state index contributed by atoms with van der Waals surface area (Å²) in [6.45, 7) is 3.57. The van der Waals surface area contributed by atoms with E-state index in [0.29, 0.717) is 13.2 Å². The van der Waals surface area contributed by atoms with E-state index in [4.69, 9.17) is 42.6 Å². The van der Waals surface area contributed by atoms with Gasteiger partial charge in [0.05, 0.1) is 33.5 Å². The maximum absolute atomic E-state index is 12.2. The molecule has 5 rings (SSSR count). The molecule has 3 aliphatic heterocycles. The number of esters is 2. The van der Waals surface area contributed by atoms with Crippen LogP contribution in [0.2, 0.25) is 0 Å². The summed E-state index contributed by atoms with van der Waals surface area (Å²) in [7, 11) is 1.24. The second-order valence-electron chi connectivity index (χ2n) is 11.3. The summed E-state index contributed by atoms with van der Waals surface area (Å²) in [6, 6.07) is 17.8. The lowest BCUT2D eigenvalue weighted by molar-refractivity contribution is -0.360. The van der Waals surface area contributed by atoms with Gasteiger partial charge < -0.3 is 42.6 Å². The van der Waals surface area contributed by atoms with Crippen molar-refractivity contribution in [2.75, 3.05) is 33.5 Å². The number of nitrogens with zero attached hydrogens (tertiary/aromatic N) is 3. The molecule has 3 aliphatic rings. The second-order valence-corrected chi connectivity index (χ2v) is 11.3. The molecule has 0 aromatic heterocycles. The van der Waals surface area contributed by atoms with Crippen LogP contribution in [0.25, 0.3) is 10.4 Å². The normalized spacial score (nSPS) is 32.4. The molecule has 10 atom stereocenters. The van der Waals surface area contributed by atoms with Gasteiger partial charge >= 0.3 is 11.9 Å². The van der Waals surface area contributed by atoms with Gasteiger partial charge in [0.2, 0.25) is 0 Å². The van der Waals surface area contributed by atoms with Crippen molar-refractivity contribution in [3.05, 3.63) is 82.2 Å². The average molecular weight is 642 g/mol. The highest BCUT2D eigenvalue weighted by Crippen LogP contribution is 2.38. The lowest BCUT2D eigenvalue weighted by Gasteiger charge is -2.50. The molecule has 14 heteroatoms. The van der Waals surface area contributed by atoms with Crippen LogP contribution < -0.4 is 0 Å². The maximum Gasteiger partial charge on any atom is 0.331 e. The fourth-order valence-electron chi connectivity index (χ4n) is 5.75. The third-order valence-electron chi connectivity index (χ3n) is 8.00. The smallest absolute Gasteiger partial charge is 0.331 e. The van der Waals surface area contributed by atoms with Gasteiger partial charge in [-0.15, -0.1) is 0 Å². The van der Waals surface area contributed by atoms with Crippen molar-refractivity contribution in [2.24, 2.45) is 11.0 Å². The van der Waals surface area contributed by atoms with Gasteiger partial charge in [-0.05, 0) is 11.1 Å². The van der Waals surface area contributed by atoms with E-state index in [9.17, 15) is 15.1 Å². The SMILES string of the molecule is COC(=O)CO[C@@H]1C(N=[N+]=[N-])C(O[C@@H]2C(COCc3ccccc3)OCC(C)[C@H]2OC(C)=O)OC2COC(c3ccccc3)O[C@H]21. The van der Waals surface area contributed by atoms with E-state index in [-0.39, 0.29) is 19.1 Å². The van der Waals surface area contributed by atoms with Gasteiger partial charge in [-0.25, -0.2) is 4.79 Å². The highest BCUT2D eigenvalue weighted by atomic mass is 16.8. The van der Waals surface area contributed by atoms with E-state index >= 15 is 0 Å². The quantitative estimate of drug-likeness (QED) is 0.144. The Hall–Kier alpha value is -3.59. The Kier molecular flexibility index (Phi) is 12.0. The molecule has 3 heterocycles. The molecule has 0 amide bonds. The molecule has 3 fully saturated rings. The van der Waals surface area contributed by atoms with E-state index in [1.54, 1.807) is 0 Å². The molecule has 0 saturated carbocycles. The van der Waals surface area contributed by atoms with Gasteiger partial charge in [-0.2, -0.15) is 0 Å². The highest BCUT2D eigenvalue weighted by Gasteiger charge is 2.53. The largest absolute Gasteiger partial charge is 0.467 e. The molecular weight excluding hydrogens is 602 g/mol. The Balaban J connectivity index is 1.40. The van der Waals surface area contributed by atoms with E-state index < -0.39 is 73.8 Å². The number of hydrogen-bond acceptors (Lipinski definition) is 12. The third kappa shape index (κ3) is 8.41. The van der Waals surface area contributed by atoms with Crippen molar-refractivity contribution in [2.45, 2.75) is 75.7 Å². The molecule has 3 saturated heterocycles. The zero-order valence-electron chi connectivity index (χ0n) is 25.9. The number of fused-ring (bicyclic) bond motifs is 1. The van der Waals surface area contributed by atoms with E-state index in [1.165, 1.54) is 14.0 Å². The van der Waals surface area contributed by atoms with Gasteiger partial charge in [-0.3, -0.25) is 4.79 Å². The van der Waals surface area contributed by atoms with Crippen LogP contribution in [0, 0.1) is 5.92 Å². The molecule has 0 aliphatic carbocycles. The zero-order valence-corrected chi connectivity index (χ0v) is 25.9. The minimum atomic E-state index is -1.23. The Morgan fingerprint density at radius 1 is 0.978 bits per heavy atom. The number of ether oxygens (including phenoxy) is 9. The predicted octanol–water partition coefficient (Wildman–Crippen LogP) is 3.63. The van der Waals surface area contributed by atoms with Crippen LogP contribution in [-0.4, -0.2) is 94.4 Å². The standard InChI is InChI=1S/C32H39N3O11/c1-19-14-40-23(16-39-15-21-10-6-4-7-11-21)28(27(19)43-20(2)36)46-32-26(34-35-33)30(41-18-25(37)38-3)29-24(44-32)17-42-31(45-29)22-12-8-5-9-13-22/h4-13,19,23-24,26-32H,14-18H2,1-3H3/t19?,23?,24?,26?,27-,28-,29-,30-,31?,32?/m1/s1. The minimum Gasteiger partial charge on any atom is -0.467 e. The Bertz CT molecular complexity index is 1330. The first-order valence-electron chi connectivity index (χ1n) is 15.1. The van der Waals surface area contributed by atoms with Crippen molar-refractivity contribution in [3.8, 4) is 0 Å². The summed E-state index contributed by atoms with van der Waals surface area (Å²) in [5.41, 5.74) is 11.4. The van der Waals surface area contributed by atoms with E-state index in [2.05, 4.69) is 10.0 Å². The van der Waals surface area contributed by atoms with Crippen molar-refractivity contribution < 1.29 is 52.2 Å². The van der Waals surface area contributed by atoms with Gasteiger partial charge in [0.25, 0.3) is 0 Å². The minimum absolute atomic E-state index is 0.0831. The van der Waals surface area contributed by atoms with Crippen molar-refractivity contribution in [1.82, 2.24) is 0 Å². The van der Waals surface area contributed by atoms with E-state index in [0.717, 1.165) is 11.1 Å². The number of azide groups is 1. The monoisotopic (exact) mass is 641 g/mol. The van der Waals surface area contributed by atoms with Crippen molar-refractivity contribution in [1.29, 1.82) is 0 Å². The summed E-state index contributed by atoms with van der Waals surface area (Å²) in [5.74, 6) is -1.37. The first-order chi connectivity index (χ1) is 22.4. The number of carbonyl (C=O) groups is 2. The molecule has 2 aromatic rings. The number of carbonyl (C=O) groups excluding carboxylic acids is 2. The van der Waals surface area contributed by atoms with Crippen LogP contribution in [0.4, 0.5) is 0 Å². The molecule has 2 aromatic carbocycles. The van der Waals surface area contributed by atoms with Gasteiger partial charge in [0.15, 0.2) is 12.6 Å². The Morgan fingerprint density at radius 3 is 2.41 bits per heavy atom. The van der Waals surface area contributed by atoms with Crippen molar-refractivity contribution in [3.63, 3.8) is 0 Å². The molecule has 0 spiro atoms. The number of rotatable bonds is 12. The average Bonchev–Trinajstić information content (AvgIpc) is 3.07. The zero-order chi connectivity index (χ0) is 32.5. The van der Waals surface area contributed by atoms with Crippen LogP contribution >= 0.6 is 0 Å². The summed E-state index contributed by atoms with van der Waals surface area (Å²) in [6.07, 6.45) is -6.83. The summed E-state index contributed by atoms with van der Waals surface area (Å²) < 4.78 is 53.9. The summed E-state index contributed by atoms with van der Waals surface area (Å²) >= 11 is 0. The summed E-state index contributed by atoms with van der Waals surface area (Å²) in [5, 5.41) is 3.99. The summed E-state index contributed by atoms with van der Waals surface area (Å²) in [4.78, 5) is 27.4. The second kappa shape index (κ2) is 16.3. The molecule has 248 valence electrons. The molecule has 14 nitrogen and oxygen atoms in total. The first kappa shape index (κ1) is 33.8. The molecule has 0 bridgehead atoms. The first-order valence-corrected chi connectivity index (χ1v) is 15.1. The van der Waals surface area contributed by atoms with Gasteiger partial charge in [0, 0.05) is 23.3 Å². The molecule has 0 radical (unpaired) electrons. The van der Waals surface area contributed by atoms with Crippen molar-refractivity contribution >= 4 is 11.9 Å². The number of benzene rings is 2. The lowest BCUT2D eigenvalue weighted by Crippen LogP contribution is -2.64. The lowest BCUT2D eigenvalue weighted by atomic mass is 9.92. The highest BCUT2D eigenvalue weighted by molar-refractivity contribution is 5.70. The number of methoxy groups -OCH3 is 1. The molecule has 46 heavy (non-hydrogen) atoms. The molecule has 6 unspecified atom stereocenters. The fourth-order valence-corrected chi connectivity index (χ4v) is 5.75. The number of hydrogen-bond donors (Lipinski definition) is 0. The molecular formula is C32H39N3O11. The van der Waals surface area contributed by atoms with Crippen LogP contribution in [0.3, 0.4) is 0 Å². The van der Waals surface area contributed by atoms with Crippen LogP contribution in [0.1, 0.15) is 31.3 Å². The molecule has 0 N–H and O–H groups in total. The Labute approximate surface area is 266 Å². The van der Waals surface area contributed by atoms with Crippen LogP contribution in [-0.2, 0) is 58.8 Å². The fraction of sp³-hybridized carbons (Fsp3) is 0.562. The third-order valence-corrected chi connectivity index (χ3v) is 8.00. The van der Waals surface area contributed by atoms with Gasteiger partial charge in [0.1, 0.15) is 49.3 Å². The topological polar surface area (TPSA) is 166 Å². The maximum atomic E-state index is 12.2.